The number of carboxylic acids is 1. The van der Waals surface area contributed by atoms with Gasteiger partial charge in [0.05, 0.1) is 6.61 Å². The number of hydrogen-bond acceptors (Lipinski definition) is 4. The summed E-state index contributed by atoms with van der Waals surface area (Å²) in [5.41, 5.74) is 0.608. The fourth-order valence-corrected chi connectivity index (χ4v) is 2.31. The van der Waals surface area contributed by atoms with Gasteiger partial charge in [0.15, 0.2) is 5.76 Å². The number of anilines is 1. The lowest BCUT2D eigenvalue weighted by Crippen LogP contribution is -2.11. The van der Waals surface area contributed by atoms with E-state index < -0.39 is 11.9 Å². The maximum absolute atomic E-state index is 12.2. The lowest BCUT2D eigenvalue weighted by Gasteiger charge is -2.07. The van der Waals surface area contributed by atoms with Gasteiger partial charge >= 0.3 is 5.97 Å². The number of carbonyl (C=O) groups excluding carboxylic acids is 1. The number of aromatic carboxylic acids is 1. The molecule has 1 fully saturated rings. The molecule has 0 atom stereocenters. The van der Waals surface area contributed by atoms with Gasteiger partial charge in [0.25, 0.3) is 5.91 Å². The highest BCUT2D eigenvalue weighted by Crippen LogP contribution is 2.29. The Bertz CT molecular complexity index is 743. The van der Waals surface area contributed by atoms with Crippen molar-refractivity contribution >= 4 is 17.6 Å². The first-order valence-electron chi connectivity index (χ1n) is 7.97. The quantitative estimate of drug-likeness (QED) is 0.810. The van der Waals surface area contributed by atoms with Crippen LogP contribution in [0, 0.1) is 5.92 Å². The fraction of sp³-hybridized carbons (Fsp3) is 0.333. The predicted octanol–water partition coefficient (Wildman–Crippen LogP) is 3.58. The van der Waals surface area contributed by atoms with Gasteiger partial charge in [0, 0.05) is 18.2 Å². The third-order valence-corrected chi connectivity index (χ3v) is 3.88. The molecule has 0 unspecified atom stereocenters. The smallest absolute Gasteiger partial charge is 0.339 e. The molecule has 126 valence electrons. The number of hydrogen-bond donors (Lipinski definition) is 2. The number of furan rings is 1. The van der Waals surface area contributed by atoms with Crippen molar-refractivity contribution in [3.63, 3.8) is 0 Å². The van der Waals surface area contributed by atoms with Crippen LogP contribution in [0.25, 0.3) is 0 Å². The van der Waals surface area contributed by atoms with Crippen LogP contribution in [0.2, 0.25) is 0 Å². The minimum absolute atomic E-state index is 0.0155. The van der Waals surface area contributed by atoms with Crippen molar-refractivity contribution in [3.8, 4) is 5.75 Å². The Morgan fingerprint density at radius 3 is 2.54 bits per heavy atom. The summed E-state index contributed by atoms with van der Waals surface area (Å²) in [5, 5.41) is 11.8. The fourth-order valence-electron chi connectivity index (χ4n) is 2.31. The van der Waals surface area contributed by atoms with Crippen molar-refractivity contribution in [2.75, 3.05) is 11.9 Å². The first-order chi connectivity index (χ1) is 11.6. The molecule has 0 bridgehead atoms. The summed E-state index contributed by atoms with van der Waals surface area (Å²) in [6.45, 7) is 2.50. The van der Waals surface area contributed by atoms with Crippen LogP contribution in [0.15, 0.2) is 34.7 Å². The van der Waals surface area contributed by atoms with Gasteiger partial charge in [-0.1, -0.05) is 6.92 Å². The Morgan fingerprint density at radius 2 is 2.00 bits per heavy atom. The Hall–Kier alpha value is -2.76. The van der Waals surface area contributed by atoms with Gasteiger partial charge in [-0.2, -0.15) is 0 Å². The van der Waals surface area contributed by atoms with Crippen LogP contribution in [0.5, 0.6) is 5.75 Å². The summed E-state index contributed by atoms with van der Waals surface area (Å²) < 4.78 is 11.0. The third-order valence-electron chi connectivity index (χ3n) is 3.88. The summed E-state index contributed by atoms with van der Waals surface area (Å²) >= 11 is 0. The molecule has 1 aromatic heterocycles. The van der Waals surface area contributed by atoms with Crippen LogP contribution in [-0.2, 0) is 6.42 Å². The molecular weight excluding hydrogens is 310 g/mol. The van der Waals surface area contributed by atoms with Crippen LogP contribution in [0.4, 0.5) is 5.69 Å². The molecule has 0 radical (unpaired) electrons. The standard InChI is InChI=1S/C18H19NO5/c1-2-15-14(18(21)22)9-16(24-15)17(20)19-12-5-7-13(8-6-12)23-10-11-3-4-11/h5-9,11H,2-4,10H2,1H3,(H,19,20)(H,21,22). The second-order valence-corrected chi connectivity index (χ2v) is 5.84. The molecule has 2 N–H and O–H groups in total. The lowest BCUT2D eigenvalue weighted by molar-refractivity contribution is 0.0694. The third kappa shape index (κ3) is 3.76. The Morgan fingerprint density at radius 1 is 1.29 bits per heavy atom. The van der Waals surface area contributed by atoms with Crippen LogP contribution >= 0.6 is 0 Å². The maximum Gasteiger partial charge on any atom is 0.339 e. The van der Waals surface area contributed by atoms with Gasteiger partial charge in [-0.25, -0.2) is 4.79 Å². The number of rotatable bonds is 7. The molecule has 1 aliphatic carbocycles. The molecule has 2 aromatic rings. The lowest BCUT2D eigenvalue weighted by atomic mass is 10.2. The minimum atomic E-state index is -1.10. The van der Waals surface area contributed by atoms with Crippen molar-refractivity contribution in [2.45, 2.75) is 26.2 Å². The van der Waals surface area contributed by atoms with Gasteiger partial charge < -0.3 is 19.6 Å². The number of carboxylic acid groups (broad SMARTS) is 1. The van der Waals surface area contributed by atoms with E-state index in [1.54, 1.807) is 31.2 Å². The first kappa shape index (κ1) is 16.1. The van der Waals surface area contributed by atoms with Gasteiger partial charge in [-0.05, 0) is 43.0 Å². The molecule has 0 aliphatic heterocycles. The van der Waals surface area contributed by atoms with Crippen LogP contribution in [0.1, 0.15) is 46.4 Å². The molecule has 6 nitrogen and oxygen atoms in total. The normalized spacial score (nSPS) is 13.5. The van der Waals surface area contributed by atoms with Crippen molar-refractivity contribution in [2.24, 2.45) is 5.92 Å². The van der Waals surface area contributed by atoms with E-state index in [9.17, 15) is 9.59 Å². The number of aryl methyl sites for hydroxylation is 1. The van der Waals surface area contributed by atoms with Gasteiger partial charge in [-0.15, -0.1) is 0 Å². The molecule has 1 aliphatic rings. The maximum atomic E-state index is 12.2. The first-order valence-corrected chi connectivity index (χ1v) is 7.97. The van der Waals surface area contributed by atoms with Crippen molar-refractivity contribution in [1.82, 2.24) is 0 Å². The number of carbonyl (C=O) groups is 2. The van der Waals surface area contributed by atoms with Gasteiger partial charge in [0.2, 0.25) is 0 Å². The monoisotopic (exact) mass is 329 g/mol. The molecule has 6 heteroatoms. The number of ether oxygens (including phenoxy) is 1. The molecule has 3 rings (SSSR count). The molecule has 1 amide bonds. The van der Waals surface area contributed by atoms with E-state index in [0.29, 0.717) is 18.0 Å². The minimum Gasteiger partial charge on any atom is -0.493 e. The zero-order valence-electron chi connectivity index (χ0n) is 13.4. The summed E-state index contributed by atoms with van der Waals surface area (Å²) in [4.78, 5) is 23.3. The summed E-state index contributed by atoms with van der Waals surface area (Å²) in [7, 11) is 0. The largest absolute Gasteiger partial charge is 0.493 e. The molecule has 1 aromatic carbocycles. The van der Waals surface area contributed by atoms with Crippen molar-refractivity contribution in [3.05, 3.63) is 47.4 Å². The van der Waals surface area contributed by atoms with Gasteiger partial charge in [0.1, 0.15) is 17.1 Å². The SMILES string of the molecule is CCc1oc(C(=O)Nc2ccc(OCC3CC3)cc2)cc1C(=O)O. The zero-order chi connectivity index (χ0) is 17.1. The number of amides is 1. The average Bonchev–Trinajstić information content (AvgIpc) is 3.29. The molecule has 0 spiro atoms. The zero-order valence-corrected chi connectivity index (χ0v) is 13.4. The summed E-state index contributed by atoms with van der Waals surface area (Å²) in [6, 6.07) is 8.31. The molecule has 0 saturated heterocycles. The predicted molar refractivity (Wildman–Crippen MR) is 87.7 cm³/mol. The van der Waals surface area contributed by atoms with Crippen molar-refractivity contribution in [1.29, 1.82) is 0 Å². The summed E-state index contributed by atoms with van der Waals surface area (Å²) in [5.74, 6) is 0.129. The van der Waals surface area contributed by atoms with Crippen LogP contribution in [0.3, 0.4) is 0 Å². The van der Waals surface area contributed by atoms with E-state index in [1.165, 1.54) is 18.9 Å². The molecule has 24 heavy (non-hydrogen) atoms. The number of nitrogens with one attached hydrogen (secondary N) is 1. The average molecular weight is 329 g/mol. The molecule has 1 heterocycles. The molecule has 1 saturated carbocycles. The topological polar surface area (TPSA) is 88.8 Å². The second kappa shape index (κ2) is 6.78. The Kier molecular flexibility index (Phi) is 4.55. The second-order valence-electron chi connectivity index (χ2n) is 5.84. The van der Waals surface area contributed by atoms with E-state index >= 15 is 0 Å². The number of benzene rings is 1. The Labute approximate surface area is 139 Å². The van der Waals surface area contributed by atoms with Crippen LogP contribution in [-0.4, -0.2) is 23.6 Å². The van der Waals surface area contributed by atoms with E-state index in [1.807, 2.05) is 0 Å². The highest BCUT2D eigenvalue weighted by atomic mass is 16.5. The van der Waals surface area contributed by atoms with E-state index in [2.05, 4.69) is 5.32 Å². The van der Waals surface area contributed by atoms with Gasteiger partial charge in [-0.3, -0.25) is 4.79 Å². The van der Waals surface area contributed by atoms with E-state index in [4.69, 9.17) is 14.3 Å². The van der Waals surface area contributed by atoms with Crippen molar-refractivity contribution < 1.29 is 23.8 Å². The highest BCUT2D eigenvalue weighted by molar-refractivity contribution is 6.04. The van der Waals surface area contributed by atoms with E-state index in [0.717, 1.165) is 12.4 Å². The van der Waals surface area contributed by atoms with Crippen LogP contribution < -0.4 is 10.1 Å². The highest BCUT2D eigenvalue weighted by Gasteiger charge is 2.22. The Balaban J connectivity index is 1.64. The van der Waals surface area contributed by atoms with E-state index in [-0.39, 0.29) is 17.1 Å². The summed E-state index contributed by atoms with van der Waals surface area (Å²) in [6.07, 6.45) is 2.87. The molecular formula is C18H19NO5.